The zero-order valence-electron chi connectivity index (χ0n) is 75.8. The number of fused-ring (bicyclic) bond motifs is 7. The Labute approximate surface area is 790 Å². The summed E-state index contributed by atoms with van der Waals surface area (Å²) in [7, 11) is 0. The first kappa shape index (κ1) is 90.2. The largest absolute Gasteiger partial charge is 0.325 e. The average molecular weight is 1880 g/mol. The Hall–Kier alpha value is -15.6. The topological polar surface area (TPSA) is 425 Å². The van der Waals surface area contributed by atoms with Gasteiger partial charge in [0.2, 0.25) is 0 Å². The number of H-pyrrole nitrogens is 6. The molecule has 25 rings (SSSR count). The van der Waals surface area contributed by atoms with Gasteiger partial charge in [0.25, 0.3) is 0 Å². The van der Waals surface area contributed by atoms with Crippen LogP contribution >= 0.6 is 11.6 Å². The zero-order valence-corrected chi connectivity index (χ0v) is 76.6. The van der Waals surface area contributed by atoms with Gasteiger partial charge in [0, 0.05) is 127 Å². The van der Waals surface area contributed by atoms with Crippen molar-refractivity contribution in [3.8, 4) is 11.4 Å². The van der Waals surface area contributed by atoms with Gasteiger partial charge in [0.05, 0.1) is 50.3 Å². The standard InChI is InChI=1S/C22H19ClFN5.C17H18FN5.C16H16FN5.C15H15FN6.C15H14FN5.C14H13FN6/c23-17-8-5-4-6-14(17)20-25-18-9-3-1-2-7-15(18)21(26-20)27-22-16-12-13(24)10-11-19(16)28-29-22;1-10-8-15(20-16(19-10)11-4-2-3-5-11)21-17-13-9-12(18)6-7-14(13)22-23-17;1-9-7-14(19-15(18-9)10-3-2-4-10)20-16-12-8-11(17)5-6-13(12)21-22-16;1-8-5-12(19-13(18-8)9-3-2-4-9)20-15-11-6-10(16)7-17-14(11)21-22-15;1-8-6-13(18-14(17-8)9-2-3-9)19-15-11-7-10(16)4-5-12(11)20-21-15;1-7-4-11(18-12(17-7)8-2-3-8)19-14-10-5-9(15)6-16-13(10)20-21-14/h4-6,8,10-12H,1-3,7,9H2,(H2,25,26,27,28,29);6-9,11H,2-5H2,1H3,(H2,19,20,21,22,23);5-8,10H,2-4H2,1H3,(H2,18,19,20,21,22);5-7,9H,2-4H2,1H3,(H2,17,18,19,20,21,22);4-7,9H,2-3H2,1H3,(H2,17,18,19,20,21);4-6,8H,2-3H2,1H3,(H2,16,17,18,19,20,21). The second-order valence-electron chi connectivity index (χ2n) is 35.5. The van der Waals surface area contributed by atoms with Gasteiger partial charge in [0.15, 0.2) is 40.4 Å². The minimum atomic E-state index is -0.399. The van der Waals surface area contributed by atoms with Crippen molar-refractivity contribution in [2.24, 2.45) is 0 Å². The lowest BCUT2D eigenvalue weighted by molar-refractivity contribution is 0.401. The van der Waals surface area contributed by atoms with E-state index in [4.69, 9.17) is 21.6 Å². The molecule has 700 valence electrons. The van der Waals surface area contributed by atoms with Gasteiger partial charge >= 0.3 is 0 Å². The van der Waals surface area contributed by atoms with E-state index in [-0.39, 0.29) is 23.3 Å². The van der Waals surface area contributed by atoms with Gasteiger partial charge in [-0.3, -0.25) is 30.6 Å². The molecule has 6 aliphatic rings. The third-order valence-electron chi connectivity index (χ3n) is 24.8. The van der Waals surface area contributed by atoms with E-state index in [2.05, 4.69) is 153 Å². The molecule has 0 bridgehead atoms. The molecule has 138 heavy (non-hydrogen) atoms. The molecular weight excluding hydrogens is 1790 g/mol. The van der Waals surface area contributed by atoms with Gasteiger partial charge in [-0.15, -0.1) is 0 Å². The van der Waals surface area contributed by atoms with Crippen molar-refractivity contribution >= 4 is 147 Å². The van der Waals surface area contributed by atoms with Gasteiger partial charge < -0.3 is 31.9 Å². The quantitative estimate of drug-likeness (QED) is 0.0280. The maximum Gasteiger partial charge on any atom is 0.183 e. The van der Waals surface area contributed by atoms with E-state index >= 15 is 0 Å². The fraction of sp³-hybridized carbons (Fsp3) is 0.293. The summed E-state index contributed by atoms with van der Waals surface area (Å²) in [6.07, 6.45) is 23.9. The van der Waals surface area contributed by atoms with Crippen molar-refractivity contribution in [2.45, 2.75) is 186 Å². The van der Waals surface area contributed by atoms with E-state index < -0.39 is 11.6 Å². The number of benzene rings is 5. The van der Waals surface area contributed by atoms with Crippen LogP contribution in [0.4, 0.5) is 96.2 Å². The van der Waals surface area contributed by atoms with Crippen LogP contribution in [0.1, 0.15) is 208 Å². The van der Waals surface area contributed by atoms with E-state index in [1.165, 1.54) is 86.3 Å². The number of aromatic amines is 6. The highest BCUT2D eigenvalue weighted by Crippen LogP contribution is 2.43. The lowest BCUT2D eigenvalue weighted by atomic mass is 9.85. The molecule has 5 saturated carbocycles. The summed E-state index contributed by atoms with van der Waals surface area (Å²) in [6, 6.07) is 37.9. The van der Waals surface area contributed by atoms with Crippen LogP contribution in [0.2, 0.25) is 5.02 Å². The van der Waals surface area contributed by atoms with Crippen LogP contribution in [0, 0.1) is 69.5 Å². The average Bonchev–Trinajstić information content (AvgIpc) is 1.53. The Morgan fingerprint density at radius 3 is 0.978 bits per heavy atom. The predicted octanol–water partition coefficient (Wildman–Crippen LogP) is 23.3. The fourth-order valence-electron chi connectivity index (χ4n) is 17.0. The van der Waals surface area contributed by atoms with Crippen molar-refractivity contribution in [1.29, 1.82) is 0 Å². The van der Waals surface area contributed by atoms with Crippen LogP contribution < -0.4 is 31.9 Å². The Balaban J connectivity index is 0.000000102. The van der Waals surface area contributed by atoms with Gasteiger partial charge in [-0.2, -0.15) is 30.6 Å². The van der Waals surface area contributed by atoms with Crippen molar-refractivity contribution in [3.63, 3.8) is 0 Å². The molecule has 5 fully saturated rings. The number of anilines is 12. The summed E-state index contributed by atoms with van der Waals surface area (Å²) in [5.74, 6) is 13.0. The lowest BCUT2D eigenvalue weighted by Gasteiger charge is -2.24. The highest BCUT2D eigenvalue weighted by atomic mass is 35.5. The molecule has 14 heterocycles. The SMILES string of the molecule is Cc1cc(Nc2[nH]nc3ncc(F)cc23)nc(C2CC2)n1.Cc1cc(Nc2[nH]nc3ncc(F)cc23)nc(C2CCC2)n1.Cc1cc(Nc2n[nH]c3ccc(F)cc23)nc(C2CC2)n1.Cc1cc(Nc2n[nH]c3ccc(F)cc23)nc(C2CCC2)n1.Cc1cc(Nc2n[nH]c3ccc(F)cc23)nc(C2CCCC2)n1.Fc1ccc2[nH]nc(Nc3nc(-c4ccccc4Cl)nc4c3CCCCC4)c2c1. The summed E-state index contributed by atoms with van der Waals surface area (Å²) in [6.45, 7) is 9.75. The summed E-state index contributed by atoms with van der Waals surface area (Å²) in [5.41, 5.74) is 11.6. The molecule has 0 atom stereocenters. The van der Waals surface area contributed by atoms with Crippen LogP contribution in [0.25, 0.3) is 77.1 Å². The Kier molecular flexibility index (Phi) is 26.0. The maximum atomic E-state index is 13.8. The molecule has 19 aromatic rings. The molecule has 0 spiro atoms. The van der Waals surface area contributed by atoms with Crippen molar-refractivity contribution < 1.29 is 26.3 Å². The molecule has 32 nitrogen and oxygen atoms in total. The zero-order chi connectivity index (χ0) is 94.6. The Morgan fingerprint density at radius 1 is 0.290 bits per heavy atom. The van der Waals surface area contributed by atoms with E-state index in [9.17, 15) is 26.3 Å². The molecule has 6 aliphatic carbocycles. The number of hydrogen-bond donors (Lipinski definition) is 12. The normalized spacial score (nSPS) is 14.7. The summed E-state index contributed by atoms with van der Waals surface area (Å²) in [5, 5.41) is 66.1. The Morgan fingerprint density at radius 2 is 0.623 bits per heavy atom. The second-order valence-corrected chi connectivity index (χ2v) is 35.9. The van der Waals surface area contributed by atoms with Crippen LogP contribution in [0.15, 0.2) is 152 Å². The minimum absolute atomic E-state index is 0.285. The number of nitrogens with one attached hydrogen (secondary N) is 12. The van der Waals surface area contributed by atoms with Crippen molar-refractivity contribution in [2.75, 3.05) is 31.9 Å². The first-order chi connectivity index (χ1) is 67.1. The van der Waals surface area contributed by atoms with Gasteiger partial charge in [-0.1, -0.05) is 55.8 Å². The summed E-state index contributed by atoms with van der Waals surface area (Å²) < 4.78 is 80.7. The highest BCUT2D eigenvalue weighted by Gasteiger charge is 2.31. The van der Waals surface area contributed by atoms with Crippen LogP contribution in [0.3, 0.4) is 0 Å². The number of hydrogen-bond acceptors (Lipinski definition) is 26. The molecular formula is C99H95ClF6N32. The fourth-order valence-corrected chi connectivity index (χ4v) is 17.2. The van der Waals surface area contributed by atoms with Crippen LogP contribution in [-0.2, 0) is 12.8 Å². The molecule has 12 N–H and O–H groups in total. The third kappa shape index (κ3) is 21.2. The predicted molar refractivity (Wildman–Crippen MR) is 518 cm³/mol. The molecule has 0 aliphatic heterocycles. The number of nitrogens with zero attached hydrogens (tertiary/aromatic N) is 20. The number of halogens is 7. The smallest absolute Gasteiger partial charge is 0.183 e. The number of aryl methyl sites for hydroxylation is 6. The van der Waals surface area contributed by atoms with Crippen molar-refractivity contribution in [1.82, 2.24) is 131 Å². The molecule has 5 aromatic carbocycles. The lowest BCUT2D eigenvalue weighted by Crippen LogP contribution is -2.14. The second kappa shape index (κ2) is 39.7. The van der Waals surface area contributed by atoms with E-state index in [1.54, 1.807) is 24.3 Å². The molecule has 0 radical (unpaired) electrons. The summed E-state index contributed by atoms with van der Waals surface area (Å²) >= 11 is 6.41. The van der Waals surface area contributed by atoms with Crippen LogP contribution in [-0.4, -0.2) is 131 Å². The first-order valence-electron chi connectivity index (χ1n) is 46.2. The van der Waals surface area contributed by atoms with E-state index in [0.717, 1.165) is 205 Å². The van der Waals surface area contributed by atoms with Crippen LogP contribution in [0.5, 0.6) is 0 Å². The van der Waals surface area contributed by atoms with Gasteiger partial charge in [0.1, 0.15) is 111 Å². The number of pyridine rings is 2. The monoisotopic (exact) mass is 1880 g/mol. The molecule has 14 aromatic heterocycles. The minimum Gasteiger partial charge on any atom is -0.325 e. The molecule has 39 heteroatoms. The maximum absolute atomic E-state index is 13.8. The number of rotatable bonds is 18. The first-order valence-corrected chi connectivity index (χ1v) is 46.6. The number of aromatic nitrogens is 26. The third-order valence-corrected chi connectivity index (χ3v) is 25.1. The molecule has 0 amide bonds. The van der Waals surface area contributed by atoms with Crippen molar-refractivity contribution in [3.05, 3.63) is 261 Å². The van der Waals surface area contributed by atoms with E-state index in [0.29, 0.717) is 154 Å². The highest BCUT2D eigenvalue weighted by molar-refractivity contribution is 6.33. The Bertz CT molecular complexity index is 7400. The molecule has 0 saturated heterocycles. The van der Waals surface area contributed by atoms with Gasteiger partial charge in [-0.25, -0.2) is 96.1 Å². The molecule has 0 unspecified atom stereocenters. The van der Waals surface area contributed by atoms with E-state index in [1.807, 2.05) is 89.2 Å². The van der Waals surface area contributed by atoms with Gasteiger partial charge in [-0.05, 0) is 222 Å². The summed E-state index contributed by atoms with van der Waals surface area (Å²) in [4.78, 5) is 62.9.